The number of amides is 1. The highest BCUT2D eigenvalue weighted by molar-refractivity contribution is 6.05. The number of nitrogens with zero attached hydrogens (tertiary/aromatic N) is 3. The molecule has 1 aromatic heterocycles. The van der Waals surface area contributed by atoms with Crippen molar-refractivity contribution in [2.75, 3.05) is 26.7 Å². The van der Waals surface area contributed by atoms with E-state index in [4.69, 9.17) is 4.74 Å². The molecule has 1 N–H and O–H groups in total. The van der Waals surface area contributed by atoms with E-state index in [0.29, 0.717) is 24.8 Å². The first-order chi connectivity index (χ1) is 13.6. The van der Waals surface area contributed by atoms with Gasteiger partial charge in [-0.25, -0.2) is 0 Å². The van der Waals surface area contributed by atoms with Crippen molar-refractivity contribution >= 4 is 16.8 Å². The molecule has 2 aliphatic rings. The highest BCUT2D eigenvalue weighted by Gasteiger charge is 2.52. The van der Waals surface area contributed by atoms with E-state index in [1.54, 1.807) is 0 Å². The quantitative estimate of drug-likeness (QED) is 0.761. The minimum absolute atomic E-state index is 0.0206. The predicted octanol–water partition coefficient (Wildman–Crippen LogP) is 2.68. The zero-order chi connectivity index (χ0) is 19.1. The van der Waals surface area contributed by atoms with E-state index in [-0.39, 0.29) is 11.5 Å². The van der Waals surface area contributed by atoms with Crippen molar-refractivity contribution in [1.29, 1.82) is 0 Å². The fourth-order valence-corrected chi connectivity index (χ4v) is 4.39. The number of ether oxygens (including phenoxy) is 1. The molecule has 2 fully saturated rings. The fourth-order valence-electron chi connectivity index (χ4n) is 4.39. The molecule has 5 rings (SSSR count). The van der Waals surface area contributed by atoms with Crippen molar-refractivity contribution in [1.82, 2.24) is 20.0 Å². The Hall–Kier alpha value is -2.70. The molecule has 0 saturated carbocycles. The summed E-state index contributed by atoms with van der Waals surface area (Å²) in [6.45, 7) is 2.91. The van der Waals surface area contributed by atoms with Crippen LogP contribution in [0.3, 0.4) is 0 Å². The van der Waals surface area contributed by atoms with Crippen LogP contribution < -0.4 is 0 Å². The van der Waals surface area contributed by atoms with Gasteiger partial charge in [0.1, 0.15) is 5.60 Å². The molecule has 0 bridgehead atoms. The number of rotatable bonds is 4. The summed E-state index contributed by atoms with van der Waals surface area (Å²) in [7, 11) is 2.15. The number of hydrogen-bond donors (Lipinski definition) is 1. The Kier molecular flexibility index (Phi) is 4.18. The van der Waals surface area contributed by atoms with Gasteiger partial charge in [-0.1, -0.05) is 48.5 Å². The van der Waals surface area contributed by atoms with Crippen LogP contribution >= 0.6 is 0 Å². The lowest BCUT2D eigenvalue weighted by Crippen LogP contribution is -2.63. The number of aromatic nitrogens is 2. The molecular formula is C22H24N4O2. The molecule has 3 heterocycles. The van der Waals surface area contributed by atoms with Crippen LogP contribution in [0.2, 0.25) is 0 Å². The highest BCUT2D eigenvalue weighted by Crippen LogP contribution is 2.38. The molecule has 3 aromatic rings. The van der Waals surface area contributed by atoms with Gasteiger partial charge in [0, 0.05) is 18.0 Å². The van der Waals surface area contributed by atoms with Gasteiger partial charge in [0.05, 0.1) is 25.2 Å². The number of H-pyrrole nitrogens is 1. The maximum Gasteiger partial charge on any atom is 0.275 e. The maximum absolute atomic E-state index is 12.9. The third-order valence-electron chi connectivity index (χ3n) is 6.01. The van der Waals surface area contributed by atoms with E-state index < -0.39 is 0 Å². The van der Waals surface area contributed by atoms with Gasteiger partial charge in [-0.05, 0) is 25.1 Å². The number of nitrogens with one attached hydrogen (secondary N) is 1. The molecule has 144 valence electrons. The molecule has 1 amide bonds. The van der Waals surface area contributed by atoms with E-state index in [9.17, 15) is 4.79 Å². The minimum Gasteiger partial charge on any atom is -0.370 e. The minimum atomic E-state index is -0.197. The average Bonchev–Trinajstić information content (AvgIpc) is 3.32. The van der Waals surface area contributed by atoms with Crippen molar-refractivity contribution in [3.63, 3.8) is 0 Å². The molecule has 28 heavy (non-hydrogen) atoms. The first-order valence-electron chi connectivity index (χ1n) is 9.74. The summed E-state index contributed by atoms with van der Waals surface area (Å²) in [6.07, 6.45) is 0.960. The number of likely N-dealkylation sites (N-methyl/N-ethyl adjacent to an activating group) is 1. The summed E-state index contributed by atoms with van der Waals surface area (Å²) >= 11 is 0. The molecule has 6 heteroatoms. The lowest BCUT2D eigenvalue weighted by Gasteiger charge is -2.47. The number of benzene rings is 2. The second-order valence-corrected chi connectivity index (χ2v) is 8.03. The first-order valence-corrected chi connectivity index (χ1v) is 9.74. The summed E-state index contributed by atoms with van der Waals surface area (Å²) in [6, 6.07) is 18.6. The van der Waals surface area contributed by atoms with E-state index in [0.717, 1.165) is 30.5 Å². The summed E-state index contributed by atoms with van der Waals surface area (Å²) in [5.74, 6) is -0.0206. The van der Waals surface area contributed by atoms with Crippen molar-refractivity contribution in [2.24, 2.45) is 0 Å². The fraction of sp³-hybridized carbons (Fsp3) is 0.364. The van der Waals surface area contributed by atoms with Crippen LogP contribution in [-0.2, 0) is 11.3 Å². The standard InChI is InChI=1S/C22H24N4O2/c1-25(12-16-7-3-2-4-8-16)17-11-22(28-13-17)14-26(15-22)21(27)20-18-9-5-6-10-19(18)23-24-20/h2-10,17H,11-15H2,1H3,(H,23,24). The molecule has 0 radical (unpaired) electrons. The van der Waals surface area contributed by atoms with Gasteiger partial charge in [-0.2, -0.15) is 5.10 Å². The largest absolute Gasteiger partial charge is 0.370 e. The Morgan fingerprint density at radius 3 is 2.79 bits per heavy atom. The van der Waals surface area contributed by atoms with Gasteiger partial charge in [0.25, 0.3) is 5.91 Å². The number of fused-ring (bicyclic) bond motifs is 1. The van der Waals surface area contributed by atoms with Crippen LogP contribution in [-0.4, -0.2) is 64.3 Å². The van der Waals surface area contributed by atoms with Gasteiger partial charge in [0.2, 0.25) is 0 Å². The molecule has 0 aliphatic carbocycles. The van der Waals surface area contributed by atoms with E-state index >= 15 is 0 Å². The van der Waals surface area contributed by atoms with Gasteiger partial charge in [-0.3, -0.25) is 14.8 Å². The van der Waals surface area contributed by atoms with Gasteiger partial charge in [-0.15, -0.1) is 0 Å². The van der Waals surface area contributed by atoms with Crippen LogP contribution in [0.15, 0.2) is 54.6 Å². The van der Waals surface area contributed by atoms with E-state index in [1.165, 1.54) is 5.56 Å². The topological polar surface area (TPSA) is 61.5 Å². The van der Waals surface area contributed by atoms with Gasteiger partial charge < -0.3 is 9.64 Å². The molecular weight excluding hydrogens is 352 g/mol. The van der Waals surface area contributed by atoms with E-state index in [2.05, 4.69) is 46.4 Å². The van der Waals surface area contributed by atoms with Crippen LogP contribution in [0, 0.1) is 0 Å². The molecule has 2 saturated heterocycles. The number of carbonyl (C=O) groups excluding carboxylic acids is 1. The SMILES string of the molecule is CN(Cc1ccccc1)C1COC2(C1)CN(C(=O)c1n[nH]c3ccccc13)C2. The second-order valence-electron chi connectivity index (χ2n) is 8.03. The Balaban J connectivity index is 1.21. The maximum atomic E-state index is 12.9. The molecule has 2 aliphatic heterocycles. The van der Waals surface area contributed by atoms with Crippen LogP contribution in [0.1, 0.15) is 22.5 Å². The number of carbonyl (C=O) groups is 1. The van der Waals surface area contributed by atoms with Crippen LogP contribution in [0.25, 0.3) is 10.9 Å². The summed E-state index contributed by atoms with van der Waals surface area (Å²) < 4.78 is 6.17. The normalized spacial score (nSPS) is 20.8. The second kappa shape index (κ2) is 6.72. The first kappa shape index (κ1) is 17.4. The van der Waals surface area contributed by atoms with Crippen molar-refractivity contribution in [3.05, 3.63) is 65.9 Å². The molecule has 1 atom stereocenters. The lowest BCUT2D eigenvalue weighted by molar-refractivity contribution is -0.0951. The van der Waals surface area contributed by atoms with Gasteiger partial charge in [0.15, 0.2) is 5.69 Å². The summed E-state index contributed by atoms with van der Waals surface area (Å²) in [4.78, 5) is 17.1. The number of para-hydroxylation sites is 1. The Bertz CT molecular complexity index is 994. The van der Waals surface area contributed by atoms with E-state index in [1.807, 2.05) is 35.2 Å². The number of hydrogen-bond acceptors (Lipinski definition) is 4. The molecule has 1 unspecified atom stereocenters. The highest BCUT2D eigenvalue weighted by atomic mass is 16.5. The predicted molar refractivity (Wildman–Crippen MR) is 107 cm³/mol. The van der Waals surface area contributed by atoms with Crippen LogP contribution in [0.5, 0.6) is 0 Å². The molecule has 1 spiro atoms. The average molecular weight is 376 g/mol. The van der Waals surface area contributed by atoms with Crippen LogP contribution in [0.4, 0.5) is 0 Å². The Labute approximate surface area is 164 Å². The number of aromatic amines is 1. The third kappa shape index (κ3) is 2.99. The number of likely N-dealkylation sites (tertiary alicyclic amines) is 1. The lowest BCUT2D eigenvalue weighted by atomic mass is 9.88. The summed E-state index contributed by atoms with van der Waals surface area (Å²) in [5.41, 5.74) is 2.50. The Morgan fingerprint density at radius 1 is 1.21 bits per heavy atom. The van der Waals surface area contributed by atoms with Gasteiger partial charge >= 0.3 is 0 Å². The Morgan fingerprint density at radius 2 is 1.96 bits per heavy atom. The van der Waals surface area contributed by atoms with Crippen molar-refractivity contribution in [3.8, 4) is 0 Å². The van der Waals surface area contributed by atoms with Crippen molar-refractivity contribution in [2.45, 2.75) is 24.6 Å². The zero-order valence-electron chi connectivity index (χ0n) is 16.0. The van der Waals surface area contributed by atoms with Crippen molar-refractivity contribution < 1.29 is 9.53 Å². The summed E-state index contributed by atoms with van der Waals surface area (Å²) in [5, 5.41) is 8.06. The zero-order valence-corrected chi connectivity index (χ0v) is 16.0. The molecule has 6 nitrogen and oxygen atoms in total. The monoisotopic (exact) mass is 376 g/mol. The smallest absolute Gasteiger partial charge is 0.275 e. The molecule has 2 aromatic carbocycles. The third-order valence-corrected chi connectivity index (χ3v) is 6.01.